The standard InChI is InChI=1S/C28H38FN3O6/c1-35-26-4-2-3-22(17-26)28(34)32(10-9-30-11-14-36-15-12-30)20-27-19-31(13-16-37-27)18-24(33)21-38-25-7-5-23(29)6-8-25/h2-8,17,24,27,33H,9-16,18-21H2,1H3. The average Bonchev–Trinajstić information content (AvgIpc) is 2.95. The van der Waals surface area contributed by atoms with Crippen LogP contribution in [0, 0.1) is 5.82 Å². The van der Waals surface area contributed by atoms with Crippen LogP contribution in [0.2, 0.25) is 0 Å². The van der Waals surface area contributed by atoms with Crippen LogP contribution in [0.3, 0.4) is 0 Å². The van der Waals surface area contributed by atoms with Gasteiger partial charge in [0.25, 0.3) is 5.91 Å². The maximum Gasteiger partial charge on any atom is 0.254 e. The van der Waals surface area contributed by atoms with Gasteiger partial charge in [-0.1, -0.05) is 6.07 Å². The molecule has 2 heterocycles. The molecule has 1 N–H and O–H groups in total. The van der Waals surface area contributed by atoms with E-state index >= 15 is 0 Å². The van der Waals surface area contributed by atoms with E-state index in [0.717, 1.165) is 19.6 Å². The molecule has 1 amide bonds. The van der Waals surface area contributed by atoms with Gasteiger partial charge in [-0.3, -0.25) is 14.6 Å². The van der Waals surface area contributed by atoms with Gasteiger partial charge < -0.3 is 29.0 Å². The van der Waals surface area contributed by atoms with E-state index < -0.39 is 6.10 Å². The maximum absolute atomic E-state index is 13.5. The molecule has 0 bridgehead atoms. The minimum absolute atomic E-state index is 0.0642. The molecule has 0 radical (unpaired) electrons. The number of carbonyl (C=O) groups is 1. The van der Waals surface area contributed by atoms with Gasteiger partial charge in [-0.2, -0.15) is 0 Å². The summed E-state index contributed by atoms with van der Waals surface area (Å²) in [5, 5.41) is 10.5. The molecule has 9 nitrogen and oxygen atoms in total. The first-order chi connectivity index (χ1) is 18.5. The number of morpholine rings is 2. The molecule has 2 aromatic carbocycles. The Bertz CT molecular complexity index is 1000. The van der Waals surface area contributed by atoms with Gasteiger partial charge in [-0.15, -0.1) is 0 Å². The van der Waals surface area contributed by atoms with Crippen LogP contribution in [0.15, 0.2) is 48.5 Å². The third kappa shape index (κ3) is 8.64. The second-order valence-corrected chi connectivity index (χ2v) is 9.61. The Balaban J connectivity index is 1.33. The number of β-amino-alcohol motifs (C(OH)–C–C–N with tert-alkyl or cyclic N) is 1. The fourth-order valence-electron chi connectivity index (χ4n) is 4.68. The minimum Gasteiger partial charge on any atom is -0.497 e. The zero-order valence-corrected chi connectivity index (χ0v) is 22.0. The maximum atomic E-state index is 13.5. The van der Waals surface area contributed by atoms with E-state index in [1.165, 1.54) is 24.3 Å². The molecular weight excluding hydrogens is 493 g/mol. The quantitative estimate of drug-likeness (QED) is 0.444. The number of aliphatic hydroxyl groups excluding tert-OH is 1. The number of amides is 1. The molecule has 0 aromatic heterocycles. The van der Waals surface area contributed by atoms with Crippen LogP contribution in [0.5, 0.6) is 11.5 Å². The molecule has 2 aliphatic heterocycles. The highest BCUT2D eigenvalue weighted by Crippen LogP contribution is 2.17. The summed E-state index contributed by atoms with van der Waals surface area (Å²) in [5.41, 5.74) is 0.576. The van der Waals surface area contributed by atoms with Crippen LogP contribution in [-0.4, -0.2) is 124 Å². The van der Waals surface area contributed by atoms with Crippen molar-refractivity contribution in [2.45, 2.75) is 12.2 Å². The Labute approximate surface area is 223 Å². The van der Waals surface area contributed by atoms with Crippen molar-refractivity contribution in [2.75, 3.05) is 85.9 Å². The first-order valence-corrected chi connectivity index (χ1v) is 13.1. The number of hydrogen-bond donors (Lipinski definition) is 1. The molecule has 2 fully saturated rings. The van der Waals surface area contributed by atoms with Crippen molar-refractivity contribution < 1.29 is 33.2 Å². The molecule has 0 saturated carbocycles. The van der Waals surface area contributed by atoms with Crippen molar-refractivity contribution in [1.29, 1.82) is 0 Å². The van der Waals surface area contributed by atoms with Crippen LogP contribution in [0.4, 0.5) is 4.39 Å². The number of nitrogens with zero attached hydrogens (tertiary/aromatic N) is 3. The smallest absolute Gasteiger partial charge is 0.254 e. The Kier molecular flexibility index (Phi) is 10.7. The molecular formula is C28H38FN3O6. The van der Waals surface area contributed by atoms with Crippen molar-refractivity contribution in [1.82, 2.24) is 14.7 Å². The largest absolute Gasteiger partial charge is 0.497 e. The highest BCUT2D eigenvalue weighted by molar-refractivity contribution is 5.94. The molecule has 38 heavy (non-hydrogen) atoms. The zero-order valence-electron chi connectivity index (χ0n) is 22.0. The van der Waals surface area contributed by atoms with E-state index in [1.54, 1.807) is 19.2 Å². The molecule has 208 valence electrons. The van der Waals surface area contributed by atoms with Gasteiger partial charge in [0.1, 0.15) is 30.0 Å². The summed E-state index contributed by atoms with van der Waals surface area (Å²) in [6.45, 7) is 7.20. The normalized spacial score (nSPS) is 19.6. The second kappa shape index (κ2) is 14.4. The van der Waals surface area contributed by atoms with Crippen molar-refractivity contribution >= 4 is 5.91 Å². The molecule has 2 aromatic rings. The van der Waals surface area contributed by atoms with E-state index in [0.29, 0.717) is 69.6 Å². The van der Waals surface area contributed by atoms with Crippen LogP contribution in [0.25, 0.3) is 0 Å². The number of aliphatic hydroxyl groups is 1. The van der Waals surface area contributed by atoms with Gasteiger partial charge in [-0.25, -0.2) is 4.39 Å². The summed E-state index contributed by atoms with van der Waals surface area (Å²) in [6, 6.07) is 12.9. The Hall–Kier alpha value is -2.76. The molecule has 2 unspecified atom stereocenters. The van der Waals surface area contributed by atoms with Crippen LogP contribution in [-0.2, 0) is 9.47 Å². The first-order valence-electron chi connectivity index (χ1n) is 13.1. The molecule has 10 heteroatoms. The molecule has 0 aliphatic carbocycles. The van der Waals surface area contributed by atoms with E-state index in [1.807, 2.05) is 17.0 Å². The van der Waals surface area contributed by atoms with Crippen molar-refractivity contribution in [3.8, 4) is 11.5 Å². The summed E-state index contributed by atoms with van der Waals surface area (Å²) < 4.78 is 35.5. The van der Waals surface area contributed by atoms with Crippen LogP contribution in [0.1, 0.15) is 10.4 Å². The van der Waals surface area contributed by atoms with Gasteiger partial charge >= 0.3 is 0 Å². The third-order valence-electron chi connectivity index (χ3n) is 6.77. The number of methoxy groups -OCH3 is 1. The Morgan fingerprint density at radius 1 is 1.11 bits per heavy atom. The lowest BCUT2D eigenvalue weighted by molar-refractivity contribution is -0.0545. The van der Waals surface area contributed by atoms with E-state index in [-0.39, 0.29) is 24.4 Å². The summed E-state index contributed by atoms with van der Waals surface area (Å²) in [6.07, 6.45) is -0.900. The van der Waals surface area contributed by atoms with Gasteiger partial charge in [0.2, 0.25) is 0 Å². The van der Waals surface area contributed by atoms with Crippen molar-refractivity contribution in [3.05, 3.63) is 59.9 Å². The van der Waals surface area contributed by atoms with Gasteiger partial charge in [0, 0.05) is 57.9 Å². The fraction of sp³-hybridized carbons (Fsp3) is 0.536. The van der Waals surface area contributed by atoms with Crippen molar-refractivity contribution in [3.63, 3.8) is 0 Å². The first kappa shape index (κ1) is 28.3. The number of carbonyl (C=O) groups excluding carboxylic acids is 1. The molecule has 2 aliphatic rings. The van der Waals surface area contributed by atoms with E-state index in [2.05, 4.69) is 9.80 Å². The fourth-order valence-corrected chi connectivity index (χ4v) is 4.68. The minimum atomic E-state index is -0.713. The summed E-state index contributed by atoms with van der Waals surface area (Å²) in [4.78, 5) is 19.8. The highest BCUT2D eigenvalue weighted by Gasteiger charge is 2.27. The van der Waals surface area contributed by atoms with Gasteiger partial charge in [0.05, 0.1) is 33.0 Å². The average molecular weight is 532 g/mol. The van der Waals surface area contributed by atoms with Crippen LogP contribution >= 0.6 is 0 Å². The van der Waals surface area contributed by atoms with Gasteiger partial charge in [0.15, 0.2) is 0 Å². The number of rotatable bonds is 12. The van der Waals surface area contributed by atoms with Gasteiger partial charge in [-0.05, 0) is 42.5 Å². The lowest BCUT2D eigenvalue weighted by atomic mass is 10.1. The second-order valence-electron chi connectivity index (χ2n) is 9.61. The zero-order chi connectivity index (χ0) is 26.7. The Morgan fingerprint density at radius 2 is 1.87 bits per heavy atom. The number of hydrogen-bond acceptors (Lipinski definition) is 8. The Morgan fingerprint density at radius 3 is 2.63 bits per heavy atom. The molecule has 2 saturated heterocycles. The number of ether oxygens (including phenoxy) is 4. The summed E-state index contributed by atoms with van der Waals surface area (Å²) >= 11 is 0. The summed E-state index contributed by atoms with van der Waals surface area (Å²) in [5.74, 6) is 0.755. The predicted octanol–water partition coefficient (Wildman–Crippen LogP) is 1.75. The van der Waals surface area contributed by atoms with E-state index in [9.17, 15) is 14.3 Å². The molecule has 2 atom stereocenters. The molecule has 4 rings (SSSR count). The molecule has 0 spiro atoms. The number of benzene rings is 2. The highest BCUT2D eigenvalue weighted by atomic mass is 19.1. The topological polar surface area (TPSA) is 83.9 Å². The predicted molar refractivity (Wildman–Crippen MR) is 140 cm³/mol. The SMILES string of the molecule is COc1cccc(C(=O)N(CCN2CCOCC2)CC2CN(CC(O)COc3ccc(F)cc3)CCO2)c1. The lowest BCUT2D eigenvalue weighted by Gasteiger charge is -2.37. The number of halogens is 1. The van der Waals surface area contributed by atoms with Crippen molar-refractivity contribution in [2.24, 2.45) is 0 Å². The van der Waals surface area contributed by atoms with Crippen LogP contribution < -0.4 is 9.47 Å². The summed E-state index contributed by atoms with van der Waals surface area (Å²) in [7, 11) is 1.59. The monoisotopic (exact) mass is 531 g/mol. The van der Waals surface area contributed by atoms with E-state index in [4.69, 9.17) is 18.9 Å². The lowest BCUT2D eigenvalue weighted by Crippen LogP contribution is -2.52. The third-order valence-corrected chi connectivity index (χ3v) is 6.77.